The third-order valence-corrected chi connectivity index (χ3v) is 4.84. The summed E-state index contributed by atoms with van der Waals surface area (Å²) in [6.45, 7) is 0. The normalized spacial score (nSPS) is 11.1. The average molecular weight is 384 g/mol. The molecule has 2 rings (SSSR count). The minimum Gasteiger partial charge on any atom is -0.497 e. The van der Waals surface area contributed by atoms with Gasteiger partial charge in [0.25, 0.3) is 0 Å². The lowest BCUT2D eigenvalue weighted by Crippen LogP contribution is -2.05. The third-order valence-electron chi connectivity index (χ3n) is 4.05. The van der Waals surface area contributed by atoms with Gasteiger partial charge in [0, 0.05) is 19.3 Å². The second-order valence-electron chi connectivity index (χ2n) is 6.05. The quantitative estimate of drug-likeness (QED) is 0.573. The van der Waals surface area contributed by atoms with E-state index in [1.165, 1.54) is 11.8 Å². The highest BCUT2D eigenvalue weighted by Crippen LogP contribution is 2.20. The van der Waals surface area contributed by atoms with Crippen LogP contribution in [-0.4, -0.2) is 32.0 Å². The molecule has 5 heteroatoms. The molecule has 27 heavy (non-hydrogen) atoms. The maximum Gasteiger partial charge on any atom is 0.160 e. The standard InChI is InChI=1S/C22H24O4S/c1-25-20-8-4-16(5-9-20)12-18(23)14-22(27-3)15-19(24)13-17-6-10-21(26-2)11-7-17/h4-11,14H,12-13,15H2,1-3H3/b22-14+. The summed E-state index contributed by atoms with van der Waals surface area (Å²) in [5.41, 5.74) is 1.85. The molecule has 142 valence electrons. The smallest absolute Gasteiger partial charge is 0.160 e. The summed E-state index contributed by atoms with van der Waals surface area (Å²) in [6, 6.07) is 14.9. The highest BCUT2D eigenvalue weighted by atomic mass is 32.2. The monoisotopic (exact) mass is 384 g/mol. The van der Waals surface area contributed by atoms with Crippen LogP contribution in [0.5, 0.6) is 11.5 Å². The number of methoxy groups -OCH3 is 2. The number of Topliss-reactive ketones (excluding diaryl/α,β-unsaturated/α-hetero) is 1. The summed E-state index contributed by atoms with van der Waals surface area (Å²) in [4.78, 5) is 25.4. The number of rotatable bonds is 10. The number of carbonyl (C=O) groups is 2. The van der Waals surface area contributed by atoms with Gasteiger partial charge < -0.3 is 9.47 Å². The van der Waals surface area contributed by atoms with Crippen LogP contribution in [0.2, 0.25) is 0 Å². The van der Waals surface area contributed by atoms with Crippen LogP contribution in [0, 0.1) is 0 Å². The maximum absolute atomic E-state index is 12.3. The number of benzene rings is 2. The average Bonchev–Trinajstić information content (AvgIpc) is 2.68. The molecule has 0 saturated heterocycles. The Morgan fingerprint density at radius 2 is 1.33 bits per heavy atom. The second-order valence-corrected chi connectivity index (χ2v) is 6.98. The molecule has 0 amide bonds. The van der Waals surface area contributed by atoms with Gasteiger partial charge in [0.1, 0.15) is 17.3 Å². The van der Waals surface area contributed by atoms with E-state index in [0.717, 1.165) is 27.5 Å². The van der Waals surface area contributed by atoms with E-state index in [-0.39, 0.29) is 18.0 Å². The van der Waals surface area contributed by atoms with Crippen LogP contribution in [0.15, 0.2) is 59.5 Å². The molecule has 4 nitrogen and oxygen atoms in total. The predicted octanol–water partition coefficient (Wildman–Crippen LogP) is 4.26. The van der Waals surface area contributed by atoms with Gasteiger partial charge in [-0.15, -0.1) is 11.8 Å². The molecule has 2 aromatic carbocycles. The number of ether oxygens (including phenoxy) is 2. The lowest BCUT2D eigenvalue weighted by atomic mass is 10.1. The van der Waals surface area contributed by atoms with Crippen molar-refractivity contribution < 1.29 is 19.1 Å². The summed E-state index contributed by atoms with van der Waals surface area (Å²) >= 11 is 1.44. The third kappa shape index (κ3) is 6.94. The van der Waals surface area contributed by atoms with E-state index >= 15 is 0 Å². The Kier molecular flexibility index (Phi) is 8.14. The van der Waals surface area contributed by atoms with Crippen molar-refractivity contribution in [3.8, 4) is 11.5 Å². The van der Waals surface area contributed by atoms with Gasteiger partial charge in [-0.25, -0.2) is 0 Å². The Hall–Kier alpha value is -2.53. The number of carbonyl (C=O) groups excluding carboxylic acids is 2. The Labute approximate surface area is 164 Å². The fraction of sp³-hybridized carbons (Fsp3) is 0.273. The van der Waals surface area contributed by atoms with Crippen molar-refractivity contribution >= 4 is 23.3 Å². The molecular formula is C22H24O4S. The van der Waals surface area contributed by atoms with Crippen molar-refractivity contribution in [3.63, 3.8) is 0 Å². The van der Waals surface area contributed by atoms with E-state index in [1.807, 2.05) is 54.8 Å². The first-order valence-electron chi connectivity index (χ1n) is 8.59. The first-order chi connectivity index (χ1) is 13.0. The number of hydrogen-bond donors (Lipinski definition) is 0. The molecule has 0 heterocycles. The topological polar surface area (TPSA) is 52.6 Å². The molecular weight excluding hydrogens is 360 g/mol. The largest absolute Gasteiger partial charge is 0.497 e. The minimum absolute atomic E-state index is 0.0123. The van der Waals surface area contributed by atoms with Crippen LogP contribution < -0.4 is 9.47 Å². The number of ketones is 2. The zero-order valence-electron chi connectivity index (χ0n) is 15.9. The van der Waals surface area contributed by atoms with E-state index in [9.17, 15) is 9.59 Å². The Bertz CT molecular complexity index is 792. The van der Waals surface area contributed by atoms with E-state index < -0.39 is 0 Å². The van der Waals surface area contributed by atoms with E-state index in [1.54, 1.807) is 20.3 Å². The van der Waals surface area contributed by atoms with Crippen molar-refractivity contribution in [1.29, 1.82) is 0 Å². The van der Waals surface area contributed by atoms with Gasteiger partial charge in [-0.3, -0.25) is 9.59 Å². The minimum atomic E-state index is -0.0123. The second kappa shape index (κ2) is 10.6. The fourth-order valence-corrected chi connectivity index (χ4v) is 3.14. The maximum atomic E-state index is 12.3. The molecule has 0 aliphatic carbocycles. The first-order valence-corrected chi connectivity index (χ1v) is 9.81. The SMILES string of the molecule is COc1ccc(CC(=O)/C=C(\CC(=O)Cc2ccc(OC)cc2)SC)cc1. The lowest BCUT2D eigenvalue weighted by molar-refractivity contribution is -0.117. The van der Waals surface area contributed by atoms with Gasteiger partial charge in [-0.2, -0.15) is 0 Å². The first kappa shape index (κ1) is 20.8. The summed E-state index contributed by atoms with van der Waals surface area (Å²) in [7, 11) is 3.22. The predicted molar refractivity (Wildman–Crippen MR) is 110 cm³/mol. The van der Waals surface area contributed by atoms with Crippen molar-refractivity contribution in [1.82, 2.24) is 0 Å². The molecule has 0 spiro atoms. The van der Waals surface area contributed by atoms with E-state index in [4.69, 9.17) is 9.47 Å². The van der Waals surface area contributed by atoms with Gasteiger partial charge in [0.15, 0.2) is 5.78 Å². The van der Waals surface area contributed by atoms with Gasteiger partial charge in [-0.05, 0) is 52.6 Å². The van der Waals surface area contributed by atoms with Gasteiger partial charge in [0.2, 0.25) is 0 Å². The molecule has 0 aliphatic heterocycles. The molecule has 0 N–H and O–H groups in total. The zero-order chi connectivity index (χ0) is 19.6. The zero-order valence-corrected chi connectivity index (χ0v) is 16.7. The van der Waals surface area contributed by atoms with Crippen molar-refractivity contribution in [3.05, 3.63) is 70.6 Å². The Balaban J connectivity index is 1.92. The molecule has 0 aliphatic rings. The summed E-state index contributed by atoms with van der Waals surface area (Å²) in [5, 5.41) is 0. The van der Waals surface area contributed by atoms with Crippen LogP contribution in [0.1, 0.15) is 17.5 Å². The Morgan fingerprint density at radius 1 is 0.852 bits per heavy atom. The van der Waals surface area contributed by atoms with Crippen LogP contribution in [0.25, 0.3) is 0 Å². The van der Waals surface area contributed by atoms with E-state index in [2.05, 4.69) is 0 Å². The highest BCUT2D eigenvalue weighted by molar-refractivity contribution is 8.02. The molecule has 2 aromatic rings. The van der Waals surface area contributed by atoms with Crippen molar-refractivity contribution in [2.45, 2.75) is 19.3 Å². The van der Waals surface area contributed by atoms with Crippen LogP contribution in [0.4, 0.5) is 0 Å². The van der Waals surface area contributed by atoms with Gasteiger partial charge in [-0.1, -0.05) is 24.3 Å². The van der Waals surface area contributed by atoms with Gasteiger partial charge in [0.05, 0.1) is 14.2 Å². The molecule has 0 bridgehead atoms. The van der Waals surface area contributed by atoms with Crippen LogP contribution in [0.3, 0.4) is 0 Å². The summed E-state index contributed by atoms with van der Waals surface area (Å²) < 4.78 is 10.2. The molecule has 0 radical (unpaired) electrons. The van der Waals surface area contributed by atoms with Crippen molar-refractivity contribution in [2.75, 3.05) is 20.5 Å². The highest BCUT2D eigenvalue weighted by Gasteiger charge is 2.10. The van der Waals surface area contributed by atoms with Gasteiger partial charge >= 0.3 is 0 Å². The lowest BCUT2D eigenvalue weighted by Gasteiger charge is -2.06. The fourth-order valence-electron chi connectivity index (χ4n) is 2.59. The molecule has 0 atom stereocenters. The molecule has 0 fully saturated rings. The Morgan fingerprint density at radius 3 is 1.78 bits per heavy atom. The number of hydrogen-bond acceptors (Lipinski definition) is 5. The van der Waals surface area contributed by atoms with E-state index in [0.29, 0.717) is 12.8 Å². The number of thioether (sulfide) groups is 1. The van der Waals surface area contributed by atoms with Crippen LogP contribution in [-0.2, 0) is 22.4 Å². The molecule has 0 aromatic heterocycles. The van der Waals surface area contributed by atoms with Crippen LogP contribution >= 0.6 is 11.8 Å². The summed E-state index contributed by atoms with van der Waals surface area (Å²) in [6.07, 6.45) is 4.38. The van der Waals surface area contributed by atoms with Crippen molar-refractivity contribution in [2.24, 2.45) is 0 Å². The molecule has 0 saturated carbocycles. The summed E-state index contributed by atoms with van der Waals surface area (Å²) in [5.74, 6) is 1.59. The number of allylic oxidation sites excluding steroid dienone is 2. The molecule has 0 unspecified atom stereocenters.